The maximum atomic E-state index is 11.7. The number of benzene rings is 1. The first kappa shape index (κ1) is 18.6. The van der Waals surface area contributed by atoms with Crippen LogP contribution >= 0.6 is 0 Å². The van der Waals surface area contributed by atoms with Gasteiger partial charge in [0.15, 0.2) is 0 Å². The number of ether oxygens (including phenoxy) is 1. The van der Waals surface area contributed by atoms with E-state index >= 15 is 0 Å². The molecule has 1 aliphatic heterocycles. The largest absolute Gasteiger partial charge is 0.487 e. The van der Waals surface area contributed by atoms with Gasteiger partial charge in [-0.3, -0.25) is 0 Å². The van der Waals surface area contributed by atoms with Gasteiger partial charge in [-0.1, -0.05) is 12.5 Å². The lowest BCUT2D eigenvalue weighted by Crippen LogP contribution is -2.41. The molecule has 0 unspecified atom stereocenters. The zero-order valence-electron chi connectivity index (χ0n) is 16.3. The first-order chi connectivity index (χ1) is 13.6. The predicted molar refractivity (Wildman–Crippen MR) is 108 cm³/mol. The number of rotatable bonds is 3. The maximum absolute atomic E-state index is 11.7. The molecule has 1 fully saturated rings. The molecule has 148 valence electrons. The van der Waals surface area contributed by atoms with Crippen molar-refractivity contribution in [3.8, 4) is 5.75 Å². The van der Waals surface area contributed by atoms with Crippen molar-refractivity contribution < 1.29 is 13.9 Å². The third-order valence-electron chi connectivity index (χ3n) is 5.76. The lowest BCUT2D eigenvalue weighted by atomic mass is 9.79. The minimum absolute atomic E-state index is 0.000747. The number of fused-ring (bicyclic) bond motifs is 2. The molecule has 4 rings (SSSR count). The van der Waals surface area contributed by atoms with Gasteiger partial charge in [0.2, 0.25) is 5.55 Å². The Morgan fingerprint density at radius 1 is 1.25 bits per heavy atom. The molecule has 0 bridgehead atoms. The lowest BCUT2D eigenvalue weighted by Gasteiger charge is -2.41. The summed E-state index contributed by atoms with van der Waals surface area (Å²) < 4.78 is 12.4. The zero-order chi connectivity index (χ0) is 19.6. The molecular weight excluding hydrogens is 354 g/mol. The quantitative estimate of drug-likeness (QED) is 0.622. The Balaban J connectivity index is 1.64. The van der Waals surface area contributed by atoms with Crippen LogP contribution in [0.4, 0.5) is 4.79 Å². The Labute approximate surface area is 164 Å². The summed E-state index contributed by atoms with van der Waals surface area (Å²) in [7, 11) is 0. The number of hydrogen-bond acceptors (Lipinski definition) is 4. The van der Waals surface area contributed by atoms with Gasteiger partial charge in [-0.15, -0.1) is 11.7 Å². The normalized spacial score (nSPS) is 18.4. The maximum Gasteiger partial charge on any atom is 0.335 e. The molecule has 1 saturated carbocycles. The smallest absolute Gasteiger partial charge is 0.335 e. The third-order valence-corrected chi connectivity index (χ3v) is 5.76. The lowest BCUT2D eigenvalue weighted by molar-refractivity contribution is 0.0109. The topological polar surface area (TPSA) is 75.9 Å². The van der Waals surface area contributed by atoms with E-state index in [0.717, 1.165) is 48.0 Å². The molecule has 2 amide bonds. The molecule has 2 N–H and O–H groups in total. The van der Waals surface area contributed by atoms with Crippen molar-refractivity contribution in [1.29, 1.82) is 0 Å². The number of amides is 2. The molecule has 6 nitrogen and oxygen atoms in total. The van der Waals surface area contributed by atoms with Crippen LogP contribution in [0.5, 0.6) is 5.75 Å². The highest BCUT2D eigenvalue weighted by Gasteiger charge is 2.37. The summed E-state index contributed by atoms with van der Waals surface area (Å²) in [4.78, 5) is 11.7. The second kappa shape index (κ2) is 7.70. The van der Waals surface area contributed by atoms with Crippen molar-refractivity contribution in [3.05, 3.63) is 47.5 Å². The number of carbonyl (C=O) groups excluding carboxylic acids is 1. The number of hydrogen-bond donors (Lipinski definition) is 2. The summed E-state index contributed by atoms with van der Waals surface area (Å²) >= 11 is 0. The average molecular weight is 381 g/mol. The van der Waals surface area contributed by atoms with E-state index in [4.69, 9.17) is 9.15 Å². The first-order valence-corrected chi connectivity index (χ1v) is 10.0. The monoisotopic (exact) mass is 381 g/mol. The molecule has 1 aromatic carbocycles. The van der Waals surface area contributed by atoms with Gasteiger partial charge in [0.25, 0.3) is 0 Å². The molecular formula is C22H27N3O3. The van der Waals surface area contributed by atoms with Gasteiger partial charge < -0.3 is 14.5 Å². The molecule has 1 aromatic heterocycles. The third kappa shape index (κ3) is 3.77. The van der Waals surface area contributed by atoms with Crippen LogP contribution in [0.2, 0.25) is 0 Å². The van der Waals surface area contributed by atoms with Crippen LogP contribution in [0.15, 0.2) is 40.4 Å². The molecule has 2 aromatic rings. The van der Waals surface area contributed by atoms with E-state index in [1.54, 1.807) is 6.08 Å². The number of carbonyl (C=O) groups is 1. The van der Waals surface area contributed by atoms with E-state index in [9.17, 15) is 4.79 Å². The van der Waals surface area contributed by atoms with Gasteiger partial charge in [-0.25, -0.2) is 10.2 Å². The van der Waals surface area contributed by atoms with Crippen molar-refractivity contribution in [2.45, 2.75) is 57.5 Å². The highest BCUT2D eigenvalue weighted by Crippen LogP contribution is 2.43. The van der Waals surface area contributed by atoms with Crippen LogP contribution in [0.3, 0.4) is 0 Å². The predicted octanol–water partition coefficient (Wildman–Crippen LogP) is 4.07. The molecule has 1 spiro atoms. The number of nitrogens with zero attached hydrogens (tertiary/aromatic N) is 1. The minimum atomic E-state index is -0.402. The second-order valence-electron chi connectivity index (χ2n) is 7.79. The summed E-state index contributed by atoms with van der Waals surface area (Å²) in [5, 5.41) is 7.72. The fraction of sp³-hybridized carbons (Fsp3) is 0.455. The first-order valence-electron chi connectivity index (χ1n) is 10.0. The summed E-state index contributed by atoms with van der Waals surface area (Å²) in [5.74, 6) is 0.928. The van der Waals surface area contributed by atoms with Gasteiger partial charge in [-0.2, -0.15) is 0 Å². The molecule has 2 aliphatic rings. The summed E-state index contributed by atoms with van der Waals surface area (Å²) in [6.45, 7) is 5.96. The summed E-state index contributed by atoms with van der Waals surface area (Å²) in [6.07, 6.45) is 9.82. The zero-order valence-corrected chi connectivity index (χ0v) is 16.3. The average Bonchev–Trinajstić information content (AvgIpc) is 2.70. The summed E-state index contributed by atoms with van der Waals surface area (Å²) in [6, 6.07) is 5.59. The van der Waals surface area contributed by atoms with Crippen molar-refractivity contribution in [1.82, 2.24) is 10.7 Å². The van der Waals surface area contributed by atoms with Crippen molar-refractivity contribution in [2.24, 2.45) is 5.10 Å². The van der Waals surface area contributed by atoms with Crippen LogP contribution in [-0.2, 0) is 6.42 Å². The SMILES string of the molecule is C=CCNC(=O)NN=c1cc(C)c2cc3c(cc2o1)OC1(CCCCC1)CC3. The van der Waals surface area contributed by atoms with Crippen LogP contribution in [-0.4, -0.2) is 18.2 Å². The van der Waals surface area contributed by atoms with Crippen molar-refractivity contribution in [2.75, 3.05) is 6.54 Å². The molecule has 28 heavy (non-hydrogen) atoms. The van der Waals surface area contributed by atoms with Gasteiger partial charge in [0.05, 0.1) is 0 Å². The standard InChI is InChI=1S/C22H27N3O3/c1-3-11-23-21(26)25-24-20-12-15(2)17-13-16-7-10-22(8-5-4-6-9-22)28-18(16)14-19(17)27-20/h3,12-14H,1,4-11H2,2H3,(H2,23,25,26). The van der Waals surface area contributed by atoms with E-state index in [0.29, 0.717) is 12.1 Å². The van der Waals surface area contributed by atoms with Gasteiger partial charge in [-0.05, 0) is 62.6 Å². The fourth-order valence-electron chi connectivity index (χ4n) is 4.25. The Hall–Kier alpha value is -2.76. The second-order valence-corrected chi connectivity index (χ2v) is 7.79. The Morgan fingerprint density at radius 3 is 2.86 bits per heavy atom. The highest BCUT2D eigenvalue weighted by atomic mass is 16.5. The Morgan fingerprint density at radius 2 is 2.07 bits per heavy atom. The van der Waals surface area contributed by atoms with Gasteiger partial charge >= 0.3 is 6.03 Å². The molecule has 2 heterocycles. The van der Waals surface area contributed by atoms with Crippen LogP contribution in [0.1, 0.15) is 49.7 Å². The van der Waals surface area contributed by atoms with Crippen LogP contribution in [0, 0.1) is 6.92 Å². The molecule has 0 radical (unpaired) electrons. The molecule has 0 saturated heterocycles. The highest BCUT2D eigenvalue weighted by molar-refractivity contribution is 5.82. The number of urea groups is 1. The molecule has 6 heteroatoms. The number of nitrogens with one attached hydrogen (secondary N) is 2. The van der Waals surface area contributed by atoms with Crippen molar-refractivity contribution in [3.63, 3.8) is 0 Å². The van der Waals surface area contributed by atoms with E-state index in [2.05, 4.69) is 28.5 Å². The Kier molecular flexibility index (Phi) is 5.11. The number of aryl methyl sites for hydroxylation is 2. The summed E-state index contributed by atoms with van der Waals surface area (Å²) in [5.41, 5.74) is 5.80. The van der Waals surface area contributed by atoms with E-state index < -0.39 is 6.03 Å². The van der Waals surface area contributed by atoms with Crippen LogP contribution < -0.4 is 21.0 Å². The molecule has 1 aliphatic carbocycles. The molecule has 0 atom stereocenters. The van der Waals surface area contributed by atoms with Crippen LogP contribution in [0.25, 0.3) is 11.0 Å². The van der Waals surface area contributed by atoms with Crippen molar-refractivity contribution >= 4 is 17.0 Å². The van der Waals surface area contributed by atoms with Gasteiger partial charge in [0.1, 0.15) is 16.9 Å². The fourth-order valence-corrected chi connectivity index (χ4v) is 4.25. The Bertz CT molecular complexity index is 971. The minimum Gasteiger partial charge on any atom is -0.487 e. The van der Waals surface area contributed by atoms with E-state index in [1.807, 2.05) is 19.1 Å². The van der Waals surface area contributed by atoms with E-state index in [1.165, 1.54) is 24.8 Å². The van der Waals surface area contributed by atoms with Gasteiger partial charge in [0, 0.05) is 24.1 Å². The van der Waals surface area contributed by atoms with E-state index in [-0.39, 0.29) is 5.60 Å².